The standard InChI is InChI=1S/C12H17N3O3/c13-9-5-8(11(14)16)1-2-10(9)15-6-12(17)3-4-18-7-12/h1-2,5,15,17H,3-4,6-7,13H2,(H2,14,16). The number of nitrogens with one attached hydrogen (secondary N) is 1. The van der Waals surface area contributed by atoms with E-state index < -0.39 is 11.5 Å². The molecule has 1 saturated heterocycles. The van der Waals surface area contributed by atoms with Crippen molar-refractivity contribution in [3.05, 3.63) is 23.8 Å². The van der Waals surface area contributed by atoms with Gasteiger partial charge in [0, 0.05) is 25.1 Å². The Kier molecular flexibility index (Phi) is 3.40. The first-order valence-electron chi connectivity index (χ1n) is 5.73. The van der Waals surface area contributed by atoms with Crippen LogP contribution in [0.4, 0.5) is 11.4 Å². The van der Waals surface area contributed by atoms with Crippen LogP contribution in [0.2, 0.25) is 0 Å². The number of rotatable bonds is 4. The highest BCUT2D eigenvalue weighted by atomic mass is 16.5. The number of nitrogen functional groups attached to an aromatic ring is 1. The van der Waals surface area contributed by atoms with Crippen LogP contribution >= 0.6 is 0 Å². The van der Waals surface area contributed by atoms with E-state index in [0.29, 0.717) is 43.1 Å². The first-order valence-corrected chi connectivity index (χ1v) is 5.73. The fourth-order valence-electron chi connectivity index (χ4n) is 1.87. The SMILES string of the molecule is NC(=O)c1ccc(NCC2(O)CCOC2)c(N)c1. The Labute approximate surface area is 105 Å². The molecule has 6 nitrogen and oxygen atoms in total. The van der Waals surface area contributed by atoms with Crippen LogP contribution in [0.25, 0.3) is 0 Å². The molecule has 0 bridgehead atoms. The summed E-state index contributed by atoms with van der Waals surface area (Å²) in [4.78, 5) is 11.0. The van der Waals surface area contributed by atoms with Gasteiger partial charge in [0.15, 0.2) is 0 Å². The van der Waals surface area contributed by atoms with E-state index in [1.165, 1.54) is 6.07 Å². The van der Waals surface area contributed by atoms with Crippen molar-refractivity contribution in [3.8, 4) is 0 Å². The molecule has 1 aromatic rings. The fraction of sp³-hybridized carbons (Fsp3) is 0.417. The molecule has 1 aromatic carbocycles. The second-order valence-corrected chi connectivity index (χ2v) is 4.55. The van der Waals surface area contributed by atoms with Gasteiger partial charge in [-0.1, -0.05) is 0 Å². The number of amides is 1. The van der Waals surface area contributed by atoms with E-state index >= 15 is 0 Å². The van der Waals surface area contributed by atoms with Crippen molar-refractivity contribution in [2.75, 3.05) is 30.8 Å². The highest BCUT2D eigenvalue weighted by molar-refractivity contribution is 5.94. The lowest BCUT2D eigenvalue weighted by Gasteiger charge is -2.22. The van der Waals surface area contributed by atoms with Gasteiger partial charge >= 0.3 is 0 Å². The molecule has 0 aliphatic carbocycles. The highest BCUT2D eigenvalue weighted by Crippen LogP contribution is 2.23. The highest BCUT2D eigenvalue weighted by Gasteiger charge is 2.31. The number of aliphatic hydroxyl groups is 1. The molecule has 1 heterocycles. The lowest BCUT2D eigenvalue weighted by Crippen LogP contribution is -2.37. The number of anilines is 2. The molecule has 1 fully saturated rings. The molecule has 2 rings (SSSR count). The van der Waals surface area contributed by atoms with E-state index in [2.05, 4.69) is 5.32 Å². The quantitative estimate of drug-likeness (QED) is 0.560. The second-order valence-electron chi connectivity index (χ2n) is 4.55. The van der Waals surface area contributed by atoms with Crippen molar-refractivity contribution in [1.29, 1.82) is 0 Å². The smallest absolute Gasteiger partial charge is 0.248 e. The molecule has 18 heavy (non-hydrogen) atoms. The van der Waals surface area contributed by atoms with Gasteiger partial charge in [-0.2, -0.15) is 0 Å². The molecular formula is C12H17N3O3. The predicted molar refractivity (Wildman–Crippen MR) is 68.2 cm³/mol. The van der Waals surface area contributed by atoms with Crippen LogP contribution in [0.15, 0.2) is 18.2 Å². The van der Waals surface area contributed by atoms with E-state index in [-0.39, 0.29) is 0 Å². The van der Waals surface area contributed by atoms with Gasteiger partial charge in [-0.25, -0.2) is 0 Å². The molecule has 1 atom stereocenters. The minimum Gasteiger partial charge on any atom is -0.397 e. The molecule has 0 saturated carbocycles. The molecule has 1 unspecified atom stereocenters. The van der Waals surface area contributed by atoms with E-state index in [1.54, 1.807) is 12.1 Å². The van der Waals surface area contributed by atoms with Crippen molar-refractivity contribution in [2.45, 2.75) is 12.0 Å². The Hall–Kier alpha value is -1.79. The molecular weight excluding hydrogens is 234 g/mol. The van der Waals surface area contributed by atoms with E-state index in [9.17, 15) is 9.90 Å². The average molecular weight is 251 g/mol. The van der Waals surface area contributed by atoms with Gasteiger partial charge in [0.1, 0.15) is 5.60 Å². The number of ether oxygens (including phenoxy) is 1. The molecule has 1 aliphatic rings. The number of carbonyl (C=O) groups excluding carboxylic acids is 1. The first-order chi connectivity index (χ1) is 8.50. The van der Waals surface area contributed by atoms with Crippen molar-refractivity contribution >= 4 is 17.3 Å². The molecule has 98 valence electrons. The Morgan fingerprint density at radius 2 is 2.33 bits per heavy atom. The van der Waals surface area contributed by atoms with Gasteiger partial charge in [0.05, 0.1) is 18.0 Å². The van der Waals surface area contributed by atoms with Crippen molar-refractivity contribution in [1.82, 2.24) is 0 Å². The molecule has 1 amide bonds. The van der Waals surface area contributed by atoms with Gasteiger partial charge < -0.3 is 26.6 Å². The van der Waals surface area contributed by atoms with Crippen LogP contribution < -0.4 is 16.8 Å². The van der Waals surface area contributed by atoms with Crippen LogP contribution in [0.3, 0.4) is 0 Å². The Balaban J connectivity index is 2.03. The summed E-state index contributed by atoms with van der Waals surface area (Å²) in [5.41, 5.74) is 11.6. The van der Waals surface area contributed by atoms with E-state index in [4.69, 9.17) is 16.2 Å². The van der Waals surface area contributed by atoms with Gasteiger partial charge in [-0.05, 0) is 18.2 Å². The van der Waals surface area contributed by atoms with Gasteiger partial charge in [0.2, 0.25) is 5.91 Å². The molecule has 6 heteroatoms. The monoisotopic (exact) mass is 251 g/mol. The summed E-state index contributed by atoms with van der Waals surface area (Å²) in [5, 5.41) is 13.1. The molecule has 6 N–H and O–H groups in total. The maximum atomic E-state index is 11.0. The summed E-state index contributed by atoms with van der Waals surface area (Å²) in [7, 11) is 0. The third-order valence-corrected chi connectivity index (χ3v) is 3.03. The summed E-state index contributed by atoms with van der Waals surface area (Å²) < 4.78 is 5.15. The number of nitrogens with two attached hydrogens (primary N) is 2. The summed E-state index contributed by atoms with van der Waals surface area (Å²) in [6.45, 7) is 1.24. The number of hydrogen-bond donors (Lipinski definition) is 4. The normalized spacial score (nSPS) is 22.9. The second kappa shape index (κ2) is 4.83. The van der Waals surface area contributed by atoms with E-state index in [0.717, 1.165) is 0 Å². The zero-order valence-electron chi connectivity index (χ0n) is 9.98. The third-order valence-electron chi connectivity index (χ3n) is 3.03. The summed E-state index contributed by atoms with van der Waals surface area (Å²) in [5.74, 6) is -0.518. The fourth-order valence-corrected chi connectivity index (χ4v) is 1.87. The van der Waals surface area contributed by atoms with Gasteiger partial charge in [0.25, 0.3) is 0 Å². The third kappa shape index (κ3) is 2.72. The maximum Gasteiger partial charge on any atom is 0.248 e. The molecule has 1 aliphatic heterocycles. The molecule has 0 spiro atoms. The van der Waals surface area contributed by atoms with Crippen molar-refractivity contribution in [3.63, 3.8) is 0 Å². The van der Waals surface area contributed by atoms with Crippen molar-refractivity contribution < 1.29 is 14.6 Å². The van der Waals surface area contributed by atoms with Crippen LogP contribution in [0.1, 0.15) is 16.8 Å². The van der Waals surface area contributed by atoms with Crippen LogP contribution in [-0.2, 0) is 4.74 Å². The lowest BCUT2D eigenvalue weighted by atomic mass is 10.0. The predicted octanol–water partition coefficient (Wildman–Crippen LogP) is -0.0690. The van der Waals surface area contributed by atoms with Crippen LogP contribution in [0, 0.1) is 0 Å². The Bertz CT molecular complexity index is 456. The summed E-state index contributed by atoms with van der Waals surface area (Å²) in [6, 6.07) is 4.78. The zero-order valence-corrected chi connectivity index (χ0v) is 9.98. The average Bonchev–Trinajstić information content (AvgIpc) is 2.75. The number of hydrogen-bond acceptors (Lipinski definition) is 5. The Morgan fingerprint density at radius 1 is 1.56 bits per heavy atom. The van der Waals surface area contributed by atoms with Crippen molar-refractivity contribution in [2.24, 2.45) is 5.73 Å². The number of carbonyl (C=O) groups is 1. The number of benzene rings is 1. The topological polar surface area (TPSA) is 111 Å². The number of primary amides is 1. The largest absolute Gasteiger partial charge is 0.397 e. The molecule has 0 aromatic heterocycles. The first kappa shape index (κ1) is 12.7. The zero-order chi connectivity index (χ0) is 13.2. The lowest BCUT2D eigenvalue weighted by molar-refractivity contribution is 0.0382. The van der Waals surface area contributed by atoms with Crippen LogP contribution in [-0.4, -0.2) is 36.4 Å². The van der Waals surface area contributed by atoms with Gasteiger partial charge in [-0.15, -0.1) is 0 Å². The molecule has 0 radical (unpaired) electrons. The summed E-state index contributed by atoms with van der Waals surface area (Å²) in [6.07, 6.45) is 0.597. The van der Waals surface area contributed by atoms with E-state index in [1.807, 2.05) is 0 Å². The maximum absolute atomic E-state index is 11.0. The minimum atomic E-state index is -0.852. The minimum absolute atomic E-state index is 0.319. The summed E-state index contributed by atoms with van der Waals surface area (Å²) >= 11 is 0. The Morgan fingerprint density at radius 3 is 2.89 bits per heavy atom. The van der Waals surface area contributed by atoms with Gasteiger partial charge in [-0.3, -0.25) is 4.79 Å². The van der Waals surface area contributed by atoms with Crippen LogP contribution in [0.5, 0.6) is 0 Å².